The van der Waals surface area contributed by atoms with E-state index in [-0.39, 0.29) is 5.91 Å². The fourth-order valence-corrected chi connectivity index (χ4v) is 6.67. The first-order chi connectivity index (χ1) is 15.6. The molecule has 1 aliphatic heterocycles. The normalized spacial score (nSPS) is 19.0. The number of aryl methyl sites for hydroxylation is 1. The van der Waals surface area contributed by atoms with Gasteiger partial charge in [-0.1, -0.05) is 18.7 Å². The summed E-state index contributed by atoms with van der Waals surface area (Å²) in [6, 6.07) is 4.41. The van der Waals surface area contributed by atoms with Crippen LogP contribution in [0.1, 0.15) is 34.7 Å². The van der Waals surface area contributed by atoms with Crippen LogP contribution >= 0.6 is 28.4 Å². The van der Waals surface area contributed by atoms with Crippen molar-refractivity contribution in [3.05, 3.63) is 59.7 Å². The monoisotopic (exact) mass is 560 g/mol. The van der Waals surface area contributed by atoms with E-state index in [1.165, 1.54) is 33.7 Å². The third-order valence-corrected chi connectivity index (χ3v) is 8.61. The average Bonchev–Trinajstić information content (AvgIpc) is 3.26. The minimum atomic E-state index is 0.00751. The molecule has 0 N–H and O–H groups in total. The van der Waals surface area contributed by atoms with Gasteiger partial charge in [-0.15, -0.1) is 0 Å². The molecule has 7 nitrogen and oxygen atoms in total. The lowest BCUT2D eigenvalue weighted by Gasteiger charge is -2.37. The number of piperazine rings is 1. The molecular formula is C23H26IN6OP. The smallest absolute Gasteiger partial charge is 0.246 e. The molecule has 3 heterocycles. The third kappa shape index (κ3) is 3.81. The van der Waals surface area contributed by atoms with Gasteiger partial charge in [-0.2, -0.15) is 5.10 Å². The summed E-state index contributed by atoms with van der Waals surface area (Å²) in [5.74, 6) is 1.49. The number of anilines is 1. The second kappa shape index (κ2) is 9.06. The minimum absolute atomic E-state index is 0.00751. The maximum absolute atomic E-state index is 11.9. The van der Waals surface area contributed by atoms with Gasteiger partial charge in [0.25, 0.3) is 0 Å². The highest BCUT2D eigenvalue weighted by Crippen LogP contribution is 2.41. The summed E-state index contributed by atoms with van der Waals surface area (Å²) < 4.78 is 2.14. The number of fused-ring (bicyclic) bond motifs is 2. The summed E-state index contributed by atoms with van der Waals surface area (Å²) in [6.07, 6.45) is 8.65. The van der Waals surface area contributed by atoms with E-state index in [2.05, 4.69) is 67.1 Å². The number of hydrogen-bond donors (Lipinski definition) is 0. The highest BCUT2D eigenvalue weighted by Gasteiger charge is 2.30. The average molecular weight is 560 g/mol. The van der Waals surface area contributed by atoms with Crippen LogP contribution in [0.4, 0.5) is 5.82 Å². The van der Waals surface area contributed by atoms with Crippen LogP contribution in [0.25, 0.3) is 10.9 Å². The van der Waals surface area contributed by atoms with Crippen molar-refractivity contribution >= 4 is 51.0 Å². The zero-order valence-corrected chi connectivity index (χ0v) is 21.2. The van der Waals surface area contributed by atoms with Gasteiger partial charge < -0.3 is 9.80 Å². The second-order valence-corrected chi connectivity index (χ2v) is 10.5. The second-order valence-electron chi connectivity index (χ2n) is 8.45. The number of carbonyl (C=O) groups excluding carboxylic acids is 1. The summed E-state index contributed by atoms with van der Waals surface area (Å²) in [4.78, 5) is 25.5. The molecule has 2 unspecified atom stereocenters. The Bertz CT molecular complexity index is 1190. The Labute approximate surface area is 202 Å². The molecule has 0 bridgehead atoms. The van der Waals surface area contributed by atoms with Crippen molar-refractivity contribution in [2.45, 2.75) is 32.1 Å². The van der Waals surface area contributed by atoms with Crippen molar-refractivity contribution in [1.82, 2.24) is 24.4 Å². The van der Waals surface area contributed by atoms with Gasteiger partial charge in [0.1, 0.15) is 12.1 Å². The van der Waals surface area contributed by atoms with Crippen LogP contribution in [0.15, 0.2) is 37.3 Å². The number of amides is 1. The van der Waals surface area contributed by atoms with E-state index in [4.69, 9.17) is 4.98 Å². The van der Waals surface area contributed by atoms with Crippen molar-refractivity contribution in [1.29, 1.82) is 0 Å². The topological polar surface area (TPSA) is 67.2 Å². The summed E-state index contributed by atoms with van der Waals surface area (Å²) in [5.41, 5.74) is 6.48. The van der Waals surface area contributed by atoms with Crippen LogP contribution in [-0.2, 0) is 17.6 Å². The molecule has 2 atom stereocenters. The number of nitrogens with zero attached hydrogens (tertiary/aromatic N) is 6. The highest BCUT2D eigenvalue weighted by atomic mass is 127. The van der Waals surface area contributed by atoms with Gasteiger partial charge in [-0.3, -0.25) is 4.79 Å². The number of benzene rings is 1. The SMILES string of the molecule is C=CC(=O)N1CCN(c2ncnc3c2CCC(c2c(C)ccc4cnn(PI)c24)C3)CC1. The first kappa shape index (κ1) is 21.8. The number of halogens is 1. The van der Waals surface area contributed by atoms with Gasteiger partial charge in [0, 0.05) is 42.8 Å². The predicted molar refractivity (Wildman–Crippen MR) is 138 cm³/mol. The Morgan fingerprint density at radius 2 is 2.06 bits per heavy atom. The lowest BCUT2D eigenvalue weighted by molar-refractivity contribution is -0.126. The largest absolute Gasteiger partial charge is 0.353 e. The molecule has 0 saturated carbocycles. The maximum Gasteiger partial charge on any atom is 0.246 e. The highest BCUT2D eigenvalue weighted by molar-refractivity contribution is 14.2. The fraction of sp³-hybridized carbons (Fsp3) is 0.391. The molecule has 9 heteroatoms. The van der Waals surface area contributed by atoms with Crippen LogP contribution in [-0.4, -0.2) is 56.5 Å². The fourth-order valence-electron chi connectivity index (χ4n) is 5.13. The third-order valence-electron chi connectivity index (χ3n) is 6.74. The van der Waals surface area contributed by atoms with Crippen LogP contribution in [0.2, 0.25) is 0 Å². The molecule has 2 aliphatic rings. The van der Waals surface area contributed by atoms with Crippen molar-refractivity contribution in [2.24, 2.45) is 0 Å². The summed E-state index contributed by atoms with van der Waals surface area (Å²) in [6.45, 7) is 8.81. The van der Waals surface area contributed by atoms with Gasteiger partial charge in [0.2, 0.25) is 5.91 Å². The van der Waals surface area contributed by atoms with Gasteiger partial charge in [0.05, 0.1) is 18.1 Å². The van der Waals surface area contributed by atoms with E-state index >= 15 is 0 Å². The van der Waals surface area contributed by atoms with Gasteiger partial charge >= 0.3 is 0 Å². The summed E-state index contributed by atoms with van der Waals surface area (Å²) in [7, 11) is 0. The maximum atomic E-state index is 11.9. The van der Waals surface area contributed by atoms with Crippen molar-refractivity contribution in [3.8, 4) is 0 Å². The lowest BCUT2D eigenvalue weighted by Crippen LogP contribution is -2.49. The molecule has 0 spiro atoms. The van der Waals surface area contributed by atoms with Gasteiger partial charge in [0.15, 0.2) is 0 Å². The Hall–Kier alpha value is -2.06. The molecule has 166 valence electrons. The van der Waals surface area contributed by atoms with E-state index in [0.29, 0.717) is 25.4 Å². The number of aromatic nitrogens is 4. The van der Waals surface area contributed by atoms with Crippen LogP contribution < -0.4 is 4.90 Å². The Balaban J connectivity index is 1.43. The number of rotatable bonds is 4. The van der Waals surface area contributed by atoms with Crippen LogP contribution in [0.5, 0.6) is 0 Å². The Kier molecular flexibility index (Phi) is 6.16. The molecule has 1 aliphatic carbocycles. The number of hydrogen-bond acceptors (Lipinski definition) is 5. The van der Waals surface area contributed by atoms with Gasteiger partial charge in [-0.05, 0) is 71.3 Å². The molecule has 1 fully saturated rings. The zero-order chi connectivity index (χ0) is 22.2. The summed E-state index contributed by atoms with van der Waals surface area (Å²) in [5, 5.41) is 5.83. The number of carbonyl (C=O) groups is 1. The summed E-state index contributed by atoms with van der Waals surface area (Å²) >= 11 is 2.41. The van der Waals surface area contributed by atoms with Crippen molar-refractivity contribution < 1.29 is 4.79 Å². The molecule has 3 aromatic rings. The molecule has 1 amide bonds. The van der Waals surface area contributed by atoms with E-state index in [1.807, 2.05) is 11.1 Å². The zero-order valence-electron chi connectivity index (χ0n) is 18.1. The predicted octanol–water partition coefficient (Wildman–Crippen LogP) is 4.03. The Morgan fingerprint density at radius 3 is 2.81 bits per heavy atom. The first-order valence-corrected chi connectivity index (χ1v) is 15.0. The molecule has 1 saturated heterocycles. The molecule has 2 aromatic heterocycles. The van der Waals surface area contributed by atoms with Gasteiger partial charge in [-0.25, -0.2) is 14.4 Å². The Morgan fingerprint density at radius 1 is 1.25 bits per heavy atom. The minimum Gasteiger partial charge on any atom is -0.353 e. The first-order valence-electron chi connectivity index (χ1n) is 10.9. The molecular weight excluding hydrogens is 534 g/mol. The van der Waals surface area contributed by atoms with Crippen LogP contribution in [0, 0.1) is 6.92 Å². The lowest BCUT2D eigenvalue weighted by atomic mass is 9.80. The molecule has 32 heavy (non-hydrogen) atoms. The van der Waals surface area contributed by atoms with E-state index < -0.39 is 0 Å². The van der Waals surface area contributed by atoms with E-state index in [0.717, 1.165) is 43.9 Å². The standard InChI is InChI=1S/C23H26IN6OP/c1-3-20(31)28-8-10-29(11-9-28)23-18-7-6-16(12-19(18)25-14-26-23)21-15(2)4-5-17-13-27-30(32-24)22(17)21/h3-5,13-14,16,32H,1,6-12H2,2H3. The van der Waals surface area contributed by atoms with Crippen molar-refractivity contribution in [2.75, 3.05) is 31.1 Å². The molecule has 5 rings (SSSR count). The quantitative estimate of drug-likeness (QED) is 0.274. The van der Waals surface area contributed by atoms with Crippen molar-refractivity contribution in [3.63, 3.8) is 0 Å². The van der Waals surface area contributed by atoms with Crippen LogP contribution in [0.3, 0.4) is 0 Å². The van der Waals surface area contributed by atoms with E-state index in [1.54, 1.807) is 6.33 Å². The van der Waals surface area contributed by atoms with E-state index in [9.17, 15) is 4.79 Å². The molecule has 0 radical (unpaired) electrons. The molecule has 1 aromatic carbocycles.